The van der Waals surface area contributed by atoms with Crippen molar-refractivity contribution in [3.63, 3.8) is 0 Å². The summed E-state index contributed by atoms with van der Waals surface area (Å²) in [4.78, 5) is 16.1. The lowest BCUT2D eigenvalue weighted by Crippen LogP contribution is -1.99. The van der Waals surface area contributed by atoms with Gasteiger partial charge in [-0.2, -0.15) is 0 Å². The SMILES string of the molecule is O=C(O)c1cc(-c2ccc(-c3ccc(F)c(Cl)c3)o2)nc2ccccc12. The van der Waals surface area contributed by atoms with Gasteiger partial charge in [-0.15, -0.1) is 0 Å². The second-order valence-electron chi connectivity index (χ2n) is 5.67. The van der Waals surface area contributed by atoms with Gasteiger partial charge in [0, 0.05) is 10.9 Å². The molecular weight excluding hydrogens is 357 g/mol. The fourth-order valence-corrected chi connectivity index (χ4v) is 2.94. The normalized spacial score (nSPS) is 11.0. The first-order valence-corrected chi connectivity index (χ1v) is 8.09. The molecule has 6 heteroatoms. The molecule has 0 spiro atoms. The molecule has 2 aromatic carbocycles. The molecule has 4 rings (SSSR count). The van der Waals surface area contributed by atoms with Gasteiger partial charge in [0.15, 0.2) is 5.76 Å². The number of nitrogens with zero attached hydrogens (tertiary/aromatic N) is 1. The van der Waals surface area contributed by atoms with Crippen molar-refractivity contribution in [1.29, 1.82) is 0 Å². The van der Waals surface area contributed by atoms with Gasteiger partial charge in [-0.1, -0.05) is 29.8 Å². The molecule has 0 radical (unpaired) electrons. The summed E-state index contributed by atoms with van der Waals surface area (Å²) in [5.74, 6) is -0.658. The molecule has 0 fully saturated rings. The first kappa shape index (κ1) is 16.3. The predicted octanol–water partition coefficient (Wildman–Crippen LogP) is 5.65. The van der Waals surface area contributed by atoms with Crippen molar-refractivity contribution in [2.75, 3.05) is 0 Å². The maximum atomic E-state index is 13.3. The van der Waals surface area contributed by atoms with Crippen LogP contribution in [0.15, 0.2) is 65.1 Å². The number of para-hydroxylation sites is 1. The van der Waals surface area contributed by atoms with E-state index in [4.69, 9.17) is 16.0 Å². The summed E-state index contributed by atoms with van der Waals surface area (Å²) in [6.07, 6.45) is 0. The number of rotatable bonds is 3. The minimum atomic E-state index is -1.04. The average molecular weight is 368 g/mol. The Morgan fingerprint density at radius 1 is 1.04 bits per heavy atom. The van der Waals surface area contributed by atoms with Crippen LogP contribution in [0.5, 0.6) is 0 Å². The third-order valence-electron chi connectivity index (χ3n) is 4.01. The first-order valence-electron chi connectivity index (χ1n) is 7.71. The zero-order chi connectivity index (χ0) is 18.3. The summed E-state index contributed by atoms with van der Waals surface area (Å²) in [6.45, 7) is 0. The fourth-order valence-electron chi connectivity index (χ4n) is 2.76. The highest BCUT2D eigenvalue weighted by atomic mass is 35.5. The predicted molar refractivity (Wildman–Crippen MR) is 96.8 cm³/mol. The molecule has 0 saturated carbocycles. The molecule has 4 nitrogen and oxygen atoms in total. The number of aromatic carboxylic acids is 1. The quantitative estimate of drug-likeness (QED) is 0.508. The van der Waals surface area contributed by atoms with E-state index in [9.17, 15) is 14.3 Å². The van der Waals surface area contributed by atoms with Crippen LogP contribution < -0.4 is 0 Å². The zero-order valence-electron chi connectivity index (χ0n) is 13.2. The van der Waals surface area contributed by atoms with E-state index in [0.717, 1.165) is 0 Å². The van der Waals surface area contributed by atoms with Gasteiger partial charge in [0.1, 0.15) is 17.3 Å². The molecule has 128 valence electrons. The van der Waals surface area contributed by atoms with E-state index in [2.05, 4.69) is 4.98 Å². The lowest BCUT2D eigenvalue weighted by Gasteiger charge is -2.05. The highest BCUT2D eigenvalue weighted by Crippen LogP contribution is 2.31. The van der Waals surface area contributed by atoms with Gasteiger partial charge in [0.05, 0.1) is 16.1 Å². The first-order chi connectivity index (χ1) is 12.5. The van der Waals surface area contributed by atoms with Crippen molar-refractivity contribution >= 4 is 28.5 Å². The van der Waals surface area contributed by atoms with Crippen LogP contribution in [0.2, 0.25) is 5.02 Å². The Bertz CT molecular complexity index is 1150. The molecule has 0 aliphatic carbocycles. The average Bonchev–Trinajstić information content (AvgIpc) is 3.13. The van der Waals surface area contributed by atoms with Gasteiger partial charge in [-0.25, -0.2) is 14.2 Å². The summed E-state index contributed by atoms with van der Waals surface area (Å²) in [5, 5.41) is 10.0. The Morgan fingerprint density at radius 2 is 1.81 bits per heavy atom. The van der Waals surface area contributed by atoms with Crippen LogP contribution in [0.1, 0.15) is 10.4 Å². The van der Waals surface area contributed by atoms with Crippen molar-refractivity contribution in [2.45, 2.75) is 0 Å². The molecule has 0 bridgehead atoms. The Balaban J connectivity index is 1.82. The van der Waals surface area contributed by atoms with Crippen LogP contribution in [-0.2, 0) is 0 Å². The van der Waals surface area contributed by atoms with E-state index in [1.807, 2.05) is 0 Å². The summed E-state index contributed by atoms with van der Waals surface area (Å²) < 4.78 is 19.1. The van der Waals surface area contributed by atoms with Gasteiger partial charge >= 0.3 is 5.97 Å². The number of fused-ring (bicyclic) bond motifs is 1. The Kier molecular flexibility index (Phi) is 3.93. The van der Waals surface area contributed by atoms with E-state index >= 15 is 0 Å². The summed E-state index contributed by atoms with van der Waals surface area (Å²) in [5.41, 5.74) is 1.72. The van der Waals surface area contributed by atoms with Crippen molar-refractivity contribution < 1.29 is 18.7 Å². The second kappa shape index (κ2) is 6.28. The standard InChI is InChI=1S/C20H11ClFNO3/c21-14-9-11(5-6-15(14)22)18-7-8-19(26-18)17-10-13(20(24)25)12-3-1-2-4-16(12)23-17/h1-10H,(H,24,25). The van der Waals surface area contributed by atoms with Crippen LogP contribution in [0.3, 0.4) is 0 Å². The molecule has 2 aromatic heterocycles. The van der Waals surface area contributed by atoms with Gasteiger partial charge < -0.3 is 9.52 Å². The minimum Gasteiger partial charge on any atom is -0.478 e. The highest BCUT2D eigenvalue weighted by Gasteiger charge is 2.15. The number of carboxylic acids is 1. The highest BCUT2D eigenvalue weighted by molar-refractivity contribution is 6.31. The van der Waals surface area contributed by atoms with E-state index in [0.29, 0.717) is 33.7 Å². The number of benzene rings is 2. The molecule has 1 N–H and O–H groups in total. The van der Waals surface area contributed by atoms with Crippen LogP contribution in [0.25, 0.3) is 33.7 Å². The Morgan fingerprint density at radius 3 is 2.58 bits per heavy atom. The molecular formula is C20H11ClFNO3. The molecule has 0 amide bonds. The van der Waals surface area contributed by atoms with Crippen LogP contribution in [0, 0.1) is 5.82 Å². The van der Waals surface area contributed by atoms with Gasteiger partial charge in [-0.3, -0.25) is 0 Å². The topological polar surface area (TPSA) is 63.3 Å². The summed E-state index contributed by atoms with van der Waals surface area (Å²) in [7, 11) is 0. The molecule has 0 aliphatic rings. The number of furan rings is 1. The van der Waals surface area contributed by atoms with Crippen molar-refractivity contribution in [2.24, 2.45) is 0 Å². The van der Waals surface area contributed by atoms with Gasteiger partial charge in [-0.05, 0) is 42.5 Å². The van der Waals surface area contributed by atoms with Crippen molar-refractivity contribution in [3.05, 3.63) is 77.1 Å². The third kappa shape index (κ3) is 2.82. The van der Waals surface area contributed by atoms with E-state index in [1.165, 1.54) is 18.2 Å². The molecule has 0 aliphatic heterocycles. The summed E-state index contributed by atoms with van der Waals surface area (Å²) >= 11 is 5.81. The molecule has 26 heavy (non-hydrogen) atoms. The van der Waals surface area contributed by atoms with Crippen LogP contribution >= 0.6 is 11.6 Å². The lowest BCUT2D eigenvalue weighted by atomic mass is 10.1. The monoisotopic (exact) mass is 367 g/mol. The molecule has 0 unspecified atom stereocenters. The summed E-state index contributed by atoms with van der Waals surface area (Å²) in [6, 6.07) is 16.2. The van der Waals surface area contributed by atoms with E-state index in [1.54, 1.807) is 42.5 Å². The number of hydrogen-bond donors (Lipinski definition) is 1. The van der Waals surface area contributed by atoms with E-state index < -0.39 is 11.8 Å². The van der Waals surface area contributed by atoms with Gasteiger partial charge in [0.2, 0.25) is 0 Å². The van der Waals surface area contributed by atoms with Crippen molar-refractivity contribution in [1.82, 2.24) is 4.98 Å². The third-order valence-corrected chi connectivity index (χ3v) is 4.30. The largest absolute Gasteiger partial charge is 0.478 e. The van der Waals surface area contributed by atoms with E-state index in [-0.39, 0.29) is 10.6 Å². The number of carbonyl (C=O) groups is 1. The maximum Gasteiger partial charge on any atom is 0.336 e. The molecule has 0 atom stereocenters. The zero-order valence-corrected chi connectivity index (χ0v) is 14.0. The van der Waals surface area contributed by atoms with Crippen LogP contribution in [0.4, 0.5) is 4.39 Å². The maximum absolute atomic E-state index is 13.3. The van der Waals surface area contributed by atoms with Crippen molar-refractivity contribution in [3.8, 4) is 22.8 Å². The smallest absolute Gasteiger partial charge is 0.336 e. The molecule has 0 saturated heterocycles. The Labute approximate surface area is 152 Å². The second-order valence-corrected chi connectivity index (χ2v) is 6.08. The number of hydrogen-bond acceptors (Lipinski definition) is 3. The number of halogens is 2. The van der Waals surface area contributed by atoms with Crippen LogP contribution in [-0.4, -0.2) is 16.1 Å². The lowest BCUT2D eigenvalue weighted by molar-refractivity contribution is 0.0699. The fraction of sp³-hybridized carbons (Fsp3) is 0. The number of pyridine rings is 1. The Hall–Kier alpha value is -3.18. The number of carboxylic acid groups (broad SMARTS) is 1. The molecule has 2 heterocycles. The number of aromatic nitrogens is 1. The van der Waals surface area contributed by atoms with Gasteiger partial charge in [0.25, 0.3) is 0 Å². The minimum absolute atomic E-state index is 0.00237. The molecule has 4 aromatic rings.